The van der Waals surface area contributed by atoms with Crippen molar-refractivity contribution in [3.63, 3.8) is 0 Å². The average molecular weight is 270 g/mol. The van der Waals surface area contributed by atoms with Crippen LogP contribution in [0.5, 0.6) is 0 Å². The van der Waals surface area contributed by atoms with Crippen LogP contribution in [0, 0.1) is 0 Å². The van der Waals surface area contributed by atoms with E-state index in [1.807, 2.05) is 6.07 Å². The minimum atomic E-state index is -0.852. The summed E-state index contributed by atoms with van der Waals surface area (Å²) < 4.78 is 17.2. The normalized spacial score (nSPS) is 14.4. The van der Waals surface area contributed by atoms with Gasteiger partial charge < -0.3 is 4.74 Å². The largest absolute Gasteiger partial charge is 0.377 e. The topological polar surface area (TPSA) is 52.1 Å². The highest BCUT2D eigenvalue weighted by Crippen LogP contribution is 2.13. The molecule has 0 aliphatic rings. The number of nitrogens with zero attached hydrogens (tertiary/aromatic N) is 2. The van der Waals surface area contributed by atoms with Crippen molar-refractivity contribution >= 4 is 10.8 Å². The van der Waals surface area contributed by atoms with Gasteiger partial charge >= 0.3 is 0 Å². The van der Waals surface area contributed by atoms with Gasteiger partial charge in [0.2, 0.25) is 0 Å². The molecule has 0 aliphatic heterocycles. The zero-order chi connectivity index (χ0) is 13.4. The Morgan fingerprint density at radius 1 is 1.44 bits per heavy atom. The summed E-state index contributed by atoms with van der Waals surface area (Å²) in [4.78, 5) is 8.45. The lowest BCUT2D eigenvalue weighted by Crippen LogP contribution is -2.16. The maximum absolute atomic E-state index is 12.2. The molecule has 0 radical (unpaired) electrons. The van der Waals surface area contributed by atoms with E-state index < -0.39 is 10.8 Å². The number of hydrogen-bond acceptors (Lipinski definition) is 4. The highest BCUT2D eigenvalue weighted by molar-refractivity contribution is 7.84. The summed E-state index contributed by atoms with van der Waals surface area (Å²) >= 11 is 0. The molecule has 5 heteroatoms. The summed E-state index contributed by atoms with van der Waals surface area (Å²) in [6.07, 6.45) is 4.74. The van der Waals surface area contributed by atoms with Gasteiger partial charge in [-0.25, -0.2) is 9.97 Å². The van der Waals surface area contributed by atoms with Crippen LogP contribution in [-0.2, 0) is 27.9 Å². The van der Waals surface area contributed by atoms with Crippen LogP contribution in [0.2, 0.25) is 0 Å². The Labute approximate surface area is 112 Å². The van der Waals surface area contributed by atoms with E-state index in [0.717, 1.165) is 25.0 Å². The van der Waals surface area contributed by atoms with Gasteiger partial charge in [-0.2, -0.15) is 0 Å². The lowest BCUT2D eigenvalue weighted by atomic mass is 10.2. The molecule has 2 unspecified atom stereocenters. The van der Waals surface area contributed by atoms with Crippen molar-refractivity contribution in [2.24, 2.45) is 0 Å². The first-order chi connectivity index (χ1) is 8.71. The summed E-state index contributed by atoms with van der Waals surface area (Å²) in [5.74, 6) is 1.16. The molecule has 0 N–H and O–H groups in total. The summed E-state index contributed by atoms with van der Waals surface area (Å²) in [6, 6.07) is 1.83. The first kappa shape index (κ1) is 15.2. The molecule has 1 aromatic rings. The van der Waals surface area contributed by atoms with Crippen molar-refractivity contribution in [2.75, 3.05) is 7.11 Å². The van der Waals surface area contributed by atoms with Gasteiger partial charge in [-0.05, 0) is 18.9 Å². The third-order valence-electron chi connectivity index (χ3n) is 2.76. The lowest BCUT2D eigenvalue weighted by Gasteiger charge is -2.13. The fourth-order valence-electron chi connectivity index (χ4n) is 1.83. The number of rotatable bonds is 8. The predicted octanol–water partition coefficient (Wildman–Crippen LogP) is 2.45. The Morgan fingerprint density at radius 2 is 2.22 bits per heavy atom. The van der Waals surface area contributed by atoms with Gasteiger partial charge in [-0.15, -0.1) is 0 Å². The van der Waals surface area contributed by atoms with Gasteiger partial charge in [0.05, 0.1) is 11.4 Å². The minimum Gasteiger partial charge on any atom is -0.377 e. The van der Waals surface area contributed by atoms with Gasteiger partial charge in [-0.1, -0.05) is 20.3 Å². The Morgan fingerprint density at radius 3 is 2.83 bits per heavy atom. The van der Waals surface area contributed by atoms with Gasteiger partial charge in [0, 0.05) is 29.4 Å². The summed E-state index contributed by atoms with van der Waals surface area (Å²) in [5.41, 5.74) is 0.838. The SMILES string of the molecule is CCCC(CC)S(=O)Cc1ccnc(COC)n1. The molecule has 0 aliphatic carbocycles. The molecule has 1 rings (SSSR count). The highest BCUT2D eigenvalue weighted by atomic mass is 32.2. The third kappa shape index (κ3) is 4.82. The molecular weight excluding hydrogens is 248 g/mol. The van der Waals surface area contributed by atoms with Crippen molar-refractivity contribution < 1.29 is 8.95 Å². The monoisotopic (exact) mass is 270 g/mol. The Balaban J connectivity index is 2.65. The standard InChI is InChI=1S/C13H22N2O2S/c1-4-6-12(5-2)18(16)10-11-7-8-14-13(15-11)9-17-3/h7-8,12H,4-6,9-10H2,1-3H3. The fraction of sp³-hybridized carbons (Fsp3) is 0.692. The van der Waals surface area contributed by atoms with Crippen LogP contribution in [0.1, 0.15) is 44.6 Å². The van der Waals surface area contributed by atoms with Crippen LogP contribution in [-0.4, -0.2) is 26.5 Å². The maximum atomic E-state index is 12.2. The quantitative estimate of drug-likeness (QED) is 0.728. The highest BCUT2D eigenvalue weighted by Gasteiger charge is 2.14. The number of methoxy groups -OCH3 is 1. The van der Waals surface area contributed by atoms with E-state index in [1.54, 1.807) is 13.3 Å². The Kier molecular flexibility index (Phi) is 7.05. The number of ether oxygens (including phenoxy) is 1. The first-order valence-corrected chi connectivity index (χ1v) is 7.76. The number of hydrogen-bond donors (Lipinski definition) is 0. The molecule has 0 saturated carbocycles. The summed E-state index contributed by atoms with van der Waals surface area (Å²) in [6.45, 7) is 4.61. The lowest BCUT2D eigenvalue weighted by molar-refractivity contribution is 0.177. The van der Waals surface area contributed by atoms with E-state index in [-0.39, 0.29) is 5.25 Å². The molecule has 1 aromatic heterocycles. The van der Waals surface area contributed by atoms with Gasteiger partial charge in [-0.3, -0.25) is 4.21 Å². The zero-order valence-electron chi connectivity index (χ0n) is 11.4. The summed E-state index contributed by atoms with van der Waals surface area (Å²) in [7, 11) is 0.762. The van der Waals surface area contributed by atoms with Crippen LogP contribution >= 0.6 is 0 Å². The van der Waals surface area contributed by atoms with Crippen molar-refractivity contribution in [1.82, 2.24) is 9.97 Å². The van der Waals surface area contributed by atoms with Crippen molar-refractivity contribution in [1.29, 1.82) is 0 Å². The van der Waals surface area contributed by atoms with Crippen LogP contribution in [0.25, 0.3) is 0 Å². The molecule has 2 atom stereocenters. The second-order valence-corrected chi connectivity index (χ2v) is 5.96. The van der Waals surface area contributed by atoms with E-state index in [0.29, 0.717) is 18.2 Å². The van der Waals surface area contributed by atoms with Crippen molar-refractivity contribution in [2.45, 2.75) is 50.7 Å². The molecule has 0 amide bonds. The average Bonchev–Trinajstić information content (AvgIpc) is 2.36. The molecule has 0 spiro atoms. The number of aromatic nitrogens is 2. The van der Waals surface area contributed by atoms with E-state index in [2.05, 4.69) is 23.8 Å². The molecule has 0 fully saturated rings. The van der Waals surface area contributed by atoms with Crippen molar-refractivity contribution in [3.05, 3.63) is 23.8 Å². The van der Waals surface area contributed by atoms with Gasteiger partial charge in [0.15, 0.2) is 5.82 Å². The Hall–Kier alpha value is -0.810. The molecule has 4 nitrogen and oxygen atoms in total. The van der Waals surface area contributed by atoms with Crippen molar-refractivity contribution in [3.8, 4) is 0 Å². The molecule has 0 bridgehead atoms. The fourth-order valence-corrected chi connectivity index (χ4v) is 3.39. The maximum Gasteiger partial charge on any atom is 0.154 e. The van der Waals surface area contributed by atoms with E-state index in [4.69, 9.17) is 4.74 Å². The van der Waals surface area contributed by atoms with E-state index in [1.165, 1.54) is 0 Å². The molecule has 102 valence electrons. The second kappa shape index (κ2) is 8.32. The summed E-state index contributed by atoms with van der Waals surface area (Å²) in [5, 5.41) is 0.274. The van der Waals surface area contributed by atoms with E-state index >= 15 is 0 Å². The molecule has 0 aromatic carbocycles. The van der Waals surface area contributed by atoms with Gasteiger partial charge in [0.1, 0.15) is 6.61 Å². The molecule has 18 heavy (non-hydrogen) atoms. The van der Waals surface area contributed by atoms with Crippen LogP contribution in [0.4, 0.5) is 0 Å². The second-order valence-electron chi connectivity index (χ2n) is 4.24. The third-order valence-corrected chi connectivity index (χ3v) is 4.66. The van der Waals surface area contributed by atoms with Crippen LogP contribution < -0.4 is 0 Å². The first-order valence-electron chi connectivity index (χ1n) is 6.38. The van der Waals surface area contributed by atoms with Crippen LogP contribution in [0.15, 0.2) is 12.3 Å². The molecular formula is C13H22N2O2S. The predicted molar refractivity (Wildman–Crippen MR) is 73.6 cm³/mol. The van der Waals surface area contributed by atoms with Gasteiger partial charge in [0.25, 0.3) is 0 Å². The minimum absolute atomic E-state index is 0.274. The molecule has 1 heterocycles. The van der Waals surface area contributed by atoms with Crippen LogP contribution in [0.3, 0.4) is 0 Å². The molecule has 0 saturated heterocycles. The van der Waals surface area contributed by atoms with E-state index in [9.17, 15) is 4.21 Å². The zero-order valence-corrected chi connectivity index (χ0v) is 12.2. The Bertz CT molecular complexity index is 385. The smallest absolute Gasteiger partial charge is 0.154 e.